The van der Waals surface area contributed by atoms with Gasteiger partial charge in [0.15, 0.2) is 0 Å². The zero-order valence-electron chi connectivity index (χ0n) is 17.9. The average Bonchev–Trinajstić information content (AvgIpc) is 2.96. The van der Waals surface area contributed by atoms with Crippen molar-refractivity contribution in [2.45, 2.75) is 24.1 Å². The number of hydrogen-bond acceptors (Lipinski definition) is 5. The van der Waals surface area contributed by atoms with E-state index in [0.717, 1.165) is 21.5 Å². The second-order valence-electron chi connectivity index (χ2n) is 7.02. The first-order valence-corrected chi connectivity index (χ1v) is 11.1. The van der Waals surface area contributed by atoms with Gasteiger partial charge in [0, 0.05) is 40.9 Å². The lowest BCUT2D eigenvalue weighted by Gasteiger charge is -2.15. The summed E-state index contributed by atoms with van der Waals surface area (Å²) in [5.41, 5.74) is 3.02. The van der Waals surface area contributed by atoms with Gasteiger partial charge in [-0.1, -0.05) is 18.2 Å². The van der Waals surface area contributed by atoms with E-state index >= 15 is 0 Å². The number of esters is 1. The molecule has 2 aromatic carbocycles. The minimum absolute atomic E-state index is 0. The number of nitrogens with zero attached hydrogens (tertiary/aromatic N) is 2. The molecule has 0 bridgehead atoms. The van der Waals surface area contributed by atoms with E-state index in [2.05, 4.69) is 28.1 Å². The molecule has 170 valence electrons. The number of thioether (sulfide) groups is 1. The highest BCUT2D eigenvalue weighted by Crippen LogP contribution is 2.41. The average molecular weight is 532 g/mol. The van der Waals surface area contributed by atoms with Crippen molar-refractivity contribution >= 4 is 57.0 Å². The molecular formula is C22H28BrClN2O4S. The summed E-state index contributed by atoms with van der Waals surface area (Å²) in [4.78, 5) is 16.1. The number of ether oxygens (including phenoxy) is 1. The van der Waals surface area contributed by atoms with Gasteiger partial charge in [0.2, 0.25) is 0 Å². The third kappa shape index (κ3) is 5.75. The smallest absolute Gasteiger partial charge is 0.340 e. The molecule has 0 radical (unpaired) electrons. The number of hydrogen-bond donors (Lipinski definition) is 1. The Bertz CT molecular complexity index is 1040. The molecule has 0 atom stereocenters. The van der Waals surface area contributed by atoms with Crippen molar-refractivity contribution in [2.24, 2.45) is 7.05 Å². The summed E-state index contributed by atoms with van der Waals surface area (Å²) in [7, 11) is 5.82. The molecule has 1 aromatic heterocycles. The highest BCUT2D eigenvalue weighted by Gasteiger charge is 2.27. The Morgan fingerprint density at radius 1 is 1.26 bits per heavy atom. The highest BCUT2D eigenvalue weighted by atomic mass is 79.9. The van der Waals surface area contributed by atoms with Gasteiger partial charge in [-0.25, -0.2) is 4.79 Å². The standard InChI is InChI=1S/C22H25BrN2O3S.ClH.H2O/c1-5-28-22(27)20-18(13-29-14-9-7-6-8-10-14)25(4)17-11-16(23)21(26)15(19(17)20)12-24(2)3;;/h6-11,26H,5,12-13H2,1-4H3;1H;1H2. The predicted octanol–water partition coefficient (Wildman–Crippen LogP) is 4.77. The SMILES string of the molecule is CCOC(=O)c1c(CSc2ccccc2)n(C)c2cc(Br)c(O)c(CN(C)C)c12.Cl.O. The number of benzene rings is 2. The van der Waals surface area contributed by atoms with Crippen LogP contribution in [0.2, 0.25) is 0 Å². The molecule has 3 N–H and O–H groups in total. The molecule has 0 spiro atoms. The van der Waals surface area contributed by atoms with Crippen LogP contribution in [0, 0.1) is 0 Å². The van der Waals surface area contributed by atoms with E-state index in [-0.39, 0.29) is 29.6 Å². The number of rotatable bonds is 7. The molecule has 0 saturated carbocycles. The summed E-state index contributed by atoms with van der Waals surface area (Å²) in [6, 6.07) is 12.0. The Hall–Kier alpha value is -1.71. The van der Waals surface area contributed by atoms with E-state index < -0.39 is 0 Å². The molecule has 0 unspecified atom stereocenters. The first-order chi connectivity index (χ1) is 13.8. The number of phenolic OH excluding ortho intramolecular Hbond substituents is 1. The van der Waals surface area contributed by atoms with Gasteiger partial charge in [0.1, 0.15) is 5.75 Å². The highest BCUT2D eigenvalue weighted by molar-refractivity contribution is 9.10. The van der Waals surface area contributed by atoms with E-state index in [9.17, 15) is 9.90 Å². The van der Waals surface area contributed by atoms with Crippen LogP contribution in [-0.2, 0) is 24.1 Å². The molecule has 6 nitrogen and oxygen atoms in total. The summed E-state index contributed by atoms with van der Waals surface area (Å²) in [6.07, 6.45) is 0. The van der Waals surface area contributed by atoms with Crippen LogP contribution in [0.3, 0.4) is 0 Å². The monoisotopic (exact) mass is 530 g/mol. The first-order valence-electron chi connectivity index (χ1n) is 9.36. The fourth-order valence-corrected chi connectivity index (χ4v) is 4.86. The maximum absolute atomic E-state index is 13.0. The van der Waals surface area contributed by atoms with Gasteiger partial charge in [0.25, 0.3) is 0 Å². The number of aromatic hydroxyl groups is 1. The summed E-state index contributed by atoms with van der Waals surface area (Å²) in [5, 5.41) is 11.5. The normalized spacial score (nSPS) is 10.6. The lowest BCUT2D eigenvalue weighted by molar-refractivity contribution is 0.0527. The summed E-state index contributed by atoms with van der Waals surface area (Å²) in [6.45, 7) is 2.60. The Balaban J connectivity index is 0.00000240. The van der Waals surface area contributed by atoms with Crippen molar-refractivity contribution in [3.8, 4) is 5.75 Å². The molecule has 0 aliphatic rings. The fraction of sp³-hybridized carbons (Fsp3) is 0.318. The van der Waals surface area contributed by atoms with Crippen molar-refractivity contribution in [3.63, 3.8) is 0 Å². The quantitative estimate of drug-likeness (QED) is 0.350. The molecule has 0 amide bonds. The molecule has 1 heterocycles. The second-order valence-corrected chi connectivity index (χ2v) is 8.92. The number of aromatic nitrogens is 1. The van der Waals surface area contributed by atoms with Crippen molar-refractivity contribution < 1.29 is 20.1 Å². The topological polar surface area (TPSA) is 86.2 Å². The van der Waals surface area contributed by atoms with Gasteiger partial charge >= 0.3 is 5.97 Å². The minimum Gasteiger partial charge on any atom is -0.506 e. The maximum atomic E-state index is 13.0. The second kappa shape index (κ2) is 11.8. The molecular weight excluding hydrogens is 504 g/mol. The minimum atomic E-state index is -0.358. The number of phenols is 1. The van der Waals surface area contributed by atoms with Crippen LogP contribution in [-0.4, -0.2) is 46.7 Å². The lowest BCUT2D eigenvalue weighted by Crippen LogP contribution is -2.13. The van der Waals surface area contributed by atoms with Crippen LogP contribution < -0.4 is 0 Å². The number of halogens is 2. The van der Waals surface area contributed by atoms with Gasteiger partial charge in [-0.15, -0.1) is 24.2 Å². The van der Waals surface area contributed by atoms with Crippen LogP contribution in [0.25, 0.3) is 10.9 Å². The van der Waals surface area contributed by atoms with Gasteiger partial charge in [-0.2, -0.15) is 0 Å². The van der Waals surface area contributed by atoms with Gasteiger partial charge in [0.05, 0.1) is 22.2 Å². The van der Waals surface area contributed by atoms with Crippen LogP contribution >= 0.6 is 40.1 Å². The summed E-state index contributed by atoms with van der Waals surface area (Å²) in [5.74, 6) is 0.413. The maximum Gasteiger partial charge on any atom is 0.340 e. The molecule has 0 aliphatic heterocycles. The summed E-state index contributed by atoms with van der Waals surface area (Å²) < 4.78 is 8.04. The van der Waals surface area contributed by atoms with Crippen LogP contribution in [0.4, 0.5) is 0 Å². The van der Waals surface area contributed by atoms with E-state index in [4.69, 9.17) is 4.74 Å². The Labute approximate surface area is 201 Å². The number of aryl methyl sites for hydroxylation is 1. The summed E-state index contributed by atoms with van der Waals surface area (Å²) >= 11 is 5.13. The third-order valence-corrected chi connectivity index (χ3v) is 6.34. The first kappa shape index (κ1) is 27.3. The zero-order valence-corrected chi connectivity index (χ0v) is 21.2. The fourth-order valence-electron chi connectivity index (χ4n) is 3.41. The van der Waals surface area contributed by atoms with Gasteiger partial charge in [-0.3, -0.25) is 0 Å². The molecule has 0 saturated heterocycles. The molecule has 9 heteroatoms. The predicted molar refractivity (Wildman–Crippen MR) is 132 cm³/mol. The van der Waals surface area contributed by atoms with Crippen LogP contribution in [0.15, 0.2) is 45.8 Å². The Morgan fingerprint density at radius 3 is 2.48 bits per heavy atom. The van der Waals surface area contributed by atoms with E-state index in [0.29, 0.717) is 34.5 Å². The van der Waals surface area contributed by atoms with Crippen molar-refractivity contribution in [3.05, 3.63) is 57.7 Å². The molecule has 3 rings (SSSR count). The van der Waals surface area contributed by atoms with Crippen molar-refractivity contribution in [1.29, 1.82) is 0 Å². The van der Waals surface area contributed by atoms with Crippen molar-refractivity contribution in [1.82, 2.24) is 9.47 Å². The van der Waals surface area contributed by atoms with E-state index in [1.165, 1.54) is 0 Å². The molecule has 0 fully saturated rings. The molecule has 31 heavy (non-hydrogen) atoms. The van der Waals surface area contributed by atoms with Crippen LogP contribution in [0.5, 0.6) is 5.75 Å². The van der Waals surface area contributed by atoms with Gasteiger partial charge < -0.3 is 24.8 Å². The van der Waals surface area contributed by atoms with E-state index in [1.807, 2.05) is 54.9 Å². The number of carbonyl (C=O) groups excluding carboxylic acids is 1. The Kier molecular flexibility index (Phi) is 10.4. The zero-order chi connectivity index (χ0) is 21.1. The van der Waals surface area contributed by atoms with E-state index in [1.54, 1.807) is 18.7 Å². The Morgan fingerprint density at radius 2 is 1.90 bits per heavy atom. The lowest BCUT2D eigenvalue weighted by atomic mass is 10.0. The van der Waals surface area contributed by atoms with Crippen molar-refractivity contribution in [2.75, 3.05) is 20.7 Å². The molecule has 0 aliphatic carbocycles. The third-order valence-electron chi connectivity index (χ3n) is 4.71. The molecule has 3 aromatic rings. The number of fused-ring (bicyclic) bond motifs is 1. The van der Waals surface area contributed by atoms with Crippen LogP contribution in [0.1, 0.15) is 28.5 Å². The number of carbonyl (C=O) groups is 1. The van der Waals surface area contributed by atoms with Gasteiger partial charge in [-0.05, 0) is 55.1 Å². The largest absolute Gasteiger partial charge is 0.506 e.